The molecule has 1 aromatic carbocycles. The lowest BCUT2D eigenvalue weighted by molar-refractivity contribution is -0.139. The SMILES string of the molecule is CCCC(NC(=O)c1oc2ccccc2c1C)C(=O)O. The van der Waals surface area contributed by atoms with E-state index >= 15 is 0 Å². The van der Waals surface area contributed by atoms with Crippen LogP contribution in [0.25, 0.3) is 11.0 Å². The van der Waals surface area contributed by atoms with Crippen molar-refractivity contribution >= 4 is 22.8 Å². The number of aryl methyl sites for hydroxylation is 1. The van der Waals surface area contributed by atoms with Crippen molar-refractivity contribution in [2.75, 3.05) is 0 Å². The molecule has 0 spiro atoms. The van der Waals surface area contributed by atoms with Crippen LogP contribution in [0.15, 0.2) is 28.7 Å². The molecule has 0 saturated carbocycles. The molecule has 5 heteroatoms. The van der Waals surface area contributed by atoms with Crippen LogP contribution in [0, 0.1) is 6.92 Å². The van der Waals surface area contributed by atoms with Gasteiger partial charge < -0.3 is 14.8 Å². The highest BCUT2D eigenvalue weighted by Crippen LogP contribution is 2.24. The normalized spacial score (nSPS) is 12.3. The van der Waals surface area contributed by atoms with E-state index in [-0.39, 0.29) is 5.76 Å². The molecular weight excluding hydrogens is 258 g/mol. The number of carboxylic acid groups (broad SMARTS) is 1. The van der Waals surface area contributed by atoms with E-state index in [1.807, 2.05) is 25.1 Å². The number of hydrogen-bond acceptors (Lipinski definition) is 3. The molecule has 0 saturated heterocycles. The number of carbonyl (C=O) groups excluding carboxylic acids is 1. The van der Waals surface area contributed by atoms with Crippen LogP contribution in [0.5, 0.6) is 0 Å². The summed E-state index contributed by atoms with van der Waals surface area (Å²) in [6.07, 6.45) is 1.07. The monoisotopic (exact) mass is 275 g/mol. The van der Waals surface area contributed by atoms with Gasteiger partial charge in [-0.15, -0.1) is 0 Å². The number of aliphatic carboxylic acids is 1. The molecule has 0 aliphatic carbocycles. The first-order valence-electron chi connectivity index (χ1n) is 6.56. The Labute approximate surface area is 116 Å². The molecule has 5 nitrogen and oxygen atoms in total. The summed E-state index contributed by atoms with van der Waals surface area (Å²) >= 11 is 0. The van der Waals surface area contributed by atoms with Crippen LogP contribution in [0.1, 0.15) is 35.9 Å². The lowest BCUT2D eigenvalue weighted by atomic mass is 10.1. The predicted octanol–water partition coefficient (Wildman–Crippen LogP) is 2.72. The molecule has 106 valence electrons. The van der Waals surface area contributed by atoms with Crippen LogP contribution in [0.2, 0.25) is 0 Å². The molecule has 1 aromatic heterocycles. The maximum atomic E-state index is 12.2. The molecule has 0 bridgehead atoms. The number of rotatable bonds is 5. The second-order valence-electron chi connectivity index (χ2n) is 4.71. The lowest BCUT2D eigenvalue weighted by Gasteiger charge is -2.12. The Morgan fingerprint density at radius 2 is 2.05 bits per heavy atom. The Bertz CT molecular complexity index is 644. The summed E-state index contributed by atoms with van der Waals surface area (Å²) in [5, 5.41) is 12.4. The zero-order chi connectivity index (χ0) is 14.7. The van der Waals surface area contributed by atoms with Crippen molar-refractivity contribution in [1.29, 1.82) is 0 Å². The fourth-order valence-corrected chi connectivity index (χ4v) is 2.16. The number of benzene rings is 1. The topological polar surface area (TPSA) is 79.5 Å². The van der Waals surface area contributed by atoms with E-state index in [1.54, 1.807) is 13.0 Å². The first-order chi connectivity index (χ1) is 9.54. The van der Waals surface area contributed by atoms with E-state index in [9.17, 15) is 9.59 Å². The van der Waals surface area contributed by atoms with Gasteiger partial charge in [0.2, 0.25) is 0 Å². The van der Waals surface area contributed by atoms with Gasteiger partial charge in [-0.05, 0) is 19.4 Å². The quantitative estimate of drug-likeness (QED) is 0.879. The van der Waals surface area contributed by atoms with E-state index in [1.165, 1.54) is 0 Å². The van der Waals surface area contributed by atoms with Crippen LogP contribution in [-0.4, -0.2) is 23.0 Å². The van der Waals surface area contributed by atoms with Crippen LogP contribution < -0.4 is 5.32 Å². The molecule has 0 aliphatic rings. The van der Waals surface area contributed by atoms with E-state index < -0.39 is 17.9 Å². The van der Waals surface area contributed by atoms with Crippen LogP contribution in [-0.2, 0) is 4.79 Å². The number of para-hydroxylation sites is 1. The van der Waals surface area contributed by atoms with E-state index in [4.69, 9.17) is 9.52 Å². The molecule has 1 amide bonds. The third kappa shape index (κ3) is 2.66. The minimum atomic E-state index is -1.03. The third-order valence-electron chi connectivity index (χ3n) is 3.23. The first kappa shape index (κ1) is 14.1. The van der Waals surface area contributed by atoms with Gasteiger partial charge in [0, 0.05) is 10.9 Å². The largest absolute Gasteiger partial charge is 0.480 e. The van der Waals surface area contributed by atoms with Crippen molar-refractivity contribution < 1.29 is 19.1 Å². The van der Waals surface area contributed by atoms with Crippen LogP contribution in [0.4, 0.5) is 0 Å². The third-order valence-corrected chi connectivity index (χ3v) is 3.23. The van der Waals surface area contributed by atoms with E-state index in [2.05, 4.69) is 5.32 Å². The van der Waals surface area contributed by atoms with Gasteiger partial charge >= 0.3 is 5.97 Å². The minimum absolute atomic E-state index is 0.175. The molecule has 1 heterocycles. The molecule has 1 atom stereocenters. The zero-order valence-corrected chi connectivity index (χ0v) is 11.5. The maximum absolute atomic E-state index is 12.2. The average molecular weight is 275 g/mol. The fraction of sp³-hybridized carbons (Fsp3) is 0.333. The highest BCUT2D eigenvalue weighted by atomic mass is 16.4. The molecular formula is C15H17NO4. The van der Waals surface area contributed by atoms with Gasteiger partial charge in [-0.1, -0.05) is 31.5 Å². The summed E-state index contributed by atoms with van der Waals surface area (Å²) in [7, 11) is 0. The van der Waals surface area contributed by atoms with Gasteiger partial charge in [-0.3, -0.25) is 4.79 Å². The number of amides is 1. The number of carbonyl (C=O) groups is 2. The zero-order valence-electron chi connectivity index (χ0n) is 11.5. The molecule has 2 N–H and O–H groups in total. The van der Waals surface area contributed by atoms with Crippen molar-refractivity contribution in [2.45, 2.75) is 32.7 Å². The molecule has 0 aliphatic heterocycles. The summed E-state index contributed by atoms with van der Waals surface area (Å²) in [6.45, 7) is 3.66. The Morgan fingerprint density at radius 3 is 2.65 bits per heavy atom. The molecule has 2 rings (SSSR count). The van der Waals surface area contributed by atoms with Gasteiger partial charge in [0.25, 0.3) is 5.91 Å². The summed E-state index contributed by atoms with van der Waals surface area (Å²) in [5.41, 5.74) is 1.34. The summed E-state index contributed by atoms with van der Waals surface area (Å²) < 4.78 is 5.51. The minimum Gasteiger partial charge on any atom is -0.480 e. The number of fused-ring (bicyclic) bond motifs is 1. The Kier molecular flexibility index (Phi) is 4.08. The Morgan fingerprint density at radius 1 is 1.35 bits per heavy atom. The molecule has 0 radical (unpaired) electrons. The van der Waals surface area contributed by atoms with Crippen molar-refractivity contribution in [3.63, 3.8) is 0 Å². The van der Waals surface area contributed by atoms with Gasteiger partial charge in [0.1, 0.15) is 11.6 Å². The maximum Gasteiger partial charge on any atom is 0.326 e. The van der Waals surface area contributed by atoms with Crippen LogP contribution in [0.3, 0.4) is 0 Å². The van der Waals surface area contributed by atoms with E-state index in [0.717, 1.165) is 10.9 Å². The van der Waals surface area contributed by atoms with Gasteiger partial charge in [-0.25, -0.2) is 4.79 Å². The Balaban J connectivity index is 2.27. The fourth-order valence-electron chi connectivity index (χ4n) is 2.16. The second kappa shape index (κ2) is 5.77. The van der Waals surface area contributed by atoms with Crippen molar-refractivity contribution in [1.82, 2.24) is 5.32 Å². The van der Waals surface area contributed by atoms with Crippen molar-refractivity contribution in [2.24, 2.45) is 0 Å². The highest BCUT2D eigenvalue weighted by molar-refractivity contribution is 6.00. The van der Waals surface area contributed by atoms with Crippen molar-refractivity contribution in [3.8, 4) is 0 Å². The van der Waals surface area contributed by atoms with Gasteiger partial charge in [-0.2, -0.15) is 0 Å². The second-order valence-corrected chi connectivity index (χ2v) is 4.71. The summed E-state index contributed by atoms with van der Waals surface area (Å²) in [5.74, 6) is -1.35. The van der Waals surface area contributed by atoms with Gasteiger partial charge in [0.15, 0.2) is 5.76 Å². The predicted molar refractivity (Wildman–Crippen MR) is 74.7 cm³/mol. The standard InChI is InChI=1S/C15H17NO4/c1-3-6-11(15(18)19)16-14(17)13-9(2)10-7-4-5-8-12(10)20-13/h4-5,7-8,11H,3,6H2,1-2H3,(H,16,17)(H,18,19). The average Bonchev–Trinajstić information content (AvgIpc) is 2.76. The highest BCUT2D eigenvalue weighted by Gasteiger charge is 2.23. The Hall–Kier alpha value is -2.30. The van der Waals surface area contributed by atoms with Crippen LogP contribution >= 0.6 is 0 Å². The summed E-state index contributed by atoms with van der Waals surface area (Å²) in [6, 6.07) is 6.44. The molecule has 20 heavy (non-hydrogen) atoms. The molecule has 0 fully saturated rings. The number of hydrogen-bond donors (Lipinski definition) is 2. The smallest absolute Gasteiger partial charge is 0.326 e. The molecule has 2 aromatic rings. The number of carboxylic acids is 1. The molecule has 1 unspecified atom stereocenters. The van der Waals surface area contributed by atoms with Crippen molar-refractivity contribution in [3.05, 3.63) is 35.6 Å². The number of nitrogens with one attached hydrogen (secondary N) is 1. The lowest BCUT2D eigenvalue weighted by Crippen LogP contribution is -2.40. The first-order valence-corrected chi connectivity index (χ1v) is 6.56. The van der Waals surface area contributed by atoms with Gasteiger partial charge in [0.05, 0.1) is 0 Å². The number of furan rings is 1. The summed E-state index contributed by atoms with van der Waals surface area (Å²) in [4.78, 5) is 23.2. The van der Waals surface area contributed by atoms with E-state index in [0.29, 0.717) is 18.4 Å².